The third kappa shape index (κ3) is 5.19. The molecule has 0 amide bonds. The number of esters is 1. The van der Waals surface area contributed by atoms with Gasteiger partial charge in [0.1, 0.15) is 5.75 Å². The summed E-state index contributed by atoms with van der Waals surface area (Å²) >= 11 is 0. The van der Waals surface area contributed by atoms with Gasteiger partial charge in [-0.3, -0.25) is 0 Å². The van der Waals surface area contributed by atoms with E-state index in [1.54, 1.807) is 43.4 Å². The van der Waals surface area contributed by atoms with Crippen LogP contribution in [-0.4, -0.2) is 31.8 Å². The molecule has 0 aromatic heterocycles. The highest BCUT2D eigenvalue weighted by Gasteiger charge is 2.29. The van der Waals surface area contributed by atoms with E-state index in [0.717, 1.165) is 43.2 Å². The zero-order chi connectivity index (χ0) is 24.1. The van der Waals surface area contributed by atoms with Crippen LogP contribution >= 0.6 is 0 Å². The highest BCUT2D eigenvalue weighted by Crippen LogP contribution is 2.27. The molecule has 6 nitrogen and oxygen atoms in total. The van der Waals surface area contributed by atoms with Crippen molar-refractivity contribution in [1.29, 1.82) is 5.26 Å². The van der Waals surface area contributed by atoms with Crippen molar-refractivity contribution in [3.8, 4) is 22.9 Å². The average Bonchev–Trinajstić information content (AvgIpc) is 2.89. The van der Waals surface area contributed by atoms with Crippen molar-refractivity contribution in [1.82, 2.24) is 4.31 Å². The number of rotatable bonds is 6. The minimum absolute atomic E-state index is 0.0102. The van der Waals surface area contributed by atoms with Gasteiger partial charge in [0.25, 0.3) is 0 Å². The largest absolute Gasteiger partial charge is 0.423 e. The molecule has 0 saturated heterocycles. The molecule has 174 valence electrons. The minimum atomic E-state index is -3.70. The second-order valence-electron chi connectivity index (χ2n) is 8.44. The van der Waals surface area contributed by atoms with Gasteiger partial charge < -0.3 is 4.74 Å². The molecule has 1 saturated carbocycles. The monoisotopic (exact) mass is 474 g/mol. The summed E-state index contributed by atoms with van der Waals surface area (Å²) in [6, 6.07) is 22.3. The van der Waals surface area contributed by atoms with Crippen LogP contribution in [0.3, 0.4) is 0 Å². The Morgan fingerprint density at radius 2 is 1.56 bits per heavy atom. The SMILES string of the molecule is CN(C1CCCCC1)S(=O)(=O)c1cccc(C(=O)Oc2ccc(-c3ccc(C#N)cc3)cc2)c1. The minimum Gasteiger partial charge on any atom is -0.423 e. The predicted molar refractivity (Wildman–Crippen MR) is 130 cm³/mol. The van der Waals surface area contributed by atoms with E-state index in [-0.39, 0.29) is 16.5 Å². The molecule has 0 bridgehead atoms. The molecule has 3 aromatic carbocycles. The maximum atomic E-state index is 13.1. The number of hydrogen-bond acceptors (Lipinski definition) is 5. The first-order chi connectivity index (χ1) is 16.4. The smallest absolute Gasteiger partial charge is 0.343 e. The van der Waals surface area contributed by atoms with Crippen molar-refractivity contribution < 1.29 is 17.9 Å². The van der Waals surface area contributed by atoms with E-state index in [1.165, 1.54) is 16.4 Å². The third-order valence-corrected chi connectivity index (χ3v) is 8.15. The lowest BCUT2D eigenvalue weighted by molar-refractivity contribution is 0.0734. The fourth-order valence-corrected chi connectivity index (χ4v) is 5.67. The van der Waals surface area contributed by atoms with Crippen LogP contribution < -0.4 is 4.74 Å². The molecule has 1 fully saturated rings. The fourth-order valence-electron chi connectivity index (χ4n) is 4.21. The Morgan fingerprint density at radius 1 is 0.941 bits per heavy atom. The van der Waals surface area contributed by atoms with Crippen molar-refractivity contribution in [2.75, 3.05) is 7.05 Å². The number of ether oxygens (including phenoxy) is 1. The maximum absolute atomic E-state index is 13.1. The van der Waals surface area contributed by atoms with Crippen molar-refractivity contribution >= 4 is 16.0 Å². The Morgan fingerprint density at radius 3 is 2.18 bits per heavy atom. The van der Waals surface area contributed by atoms with E-state index in [0.29, 0.717) is 11.3 Å². The van der Waals surface area contributed by atoms with Gasteiger partial charge in [0.05, 0.1) is 22.1 Å². The van der Waals surface area contributed by atoms with Crippen molar-refractivity contribution in [3.63, 3.8) is 0 Å². The van der Waals surface area contributed by atoms with Crippen LogP contribution in [0, 0.1) is 11.3 Å². The summed E-state index contributed by atoms with van der Waals surface area (Å²) in [6.07, 6.45) is 4.91. The number of nitriles is 1. The van der Waals surface area contributed by atoms with Crippen LogP contribution in [0.4, 0.5) is 0 Å². The average molecular weight is 475 g/mol. The lowest BCUT2D eigenvalue weighted by Crippen LogP contribution is -2.38. The van der Waals surface area contributed by atoms with Crippen LogP contribution in [0.2, 0.25) is 0 Å². The van der Waals surface area contributed by atoms with Crippen molar-refractivity contribution in [2.24, 2.45) is 0 Å². The summed E-state index contributed by atoms with van der Waals surface area (Å²) in [5.74, 6) is -0.265. The van der Waals surface area contributed by atoms with Gasteiger partial charge in [0.15, 0.2) is 0 Å². The molecule has 3 aromatic rings. The van der Waals surface area contributed by atoms with E-state index < -0.39 is 16.0 Å². The summed E-state index contributed by atoms with van der Waals surface area (Å²) in [5, 5.41) is 8.93. The van der Waals surface area contributed by atoms with Gasteiger partial charge in [0, 0.05) is 13.1 Å². The number of carbonyl (C=O) groups is 1. The Kier molecular flexibility index (Phi) is 7.11. The predicted octanol–water partition coefficient (Wildman–Crippen LogP) is 5.40. The summed E-state index contributed by atoms with van der Waals surface area (Å²) in [5.41, 5.74) is 2.62. The van der Waals surface area contributed by atoms with E-state index in [4.69, 9.17) is 10.00 Å². The molecule has 0 spiro atoms. The normalized spacial score (nSPS) is 14.5. The van der Waals surface area contributed by atoms with Gasteiger partial charge in [-0.2, -0.15) is 9.57 Å². The zero-order valence-electron chi connectivity index (χ0n) is 19.0. The number of benzene rings is 3. The Labute approximate surface area is 200 Å². The molecule has 0 atom stereocenters. The molecule has 0 radical (unpaired) electrons. The second kappa shape index (κ2) is 10.2. The standard InChI is InChI=1S/C27H26N2O4S/c1-29(24-7-3-2-4-8-24)34(31,32)26-9-5-6-23(18-26)27(30)33-25-16-14-22(15-17-25)21-12-10-20(19-28)11-13-21/h5-6,9-18,24H,2-4,7-8H2,1H3. The maximum Gasteiger partial charge on any atom is 0.343 e. The van der Waals surface area contributed by atoms with Gasteiger partial charge in [-0.05, 0) is 66.4 Å². The summed E-state index contributed by atoms with van der Waals surface area (Å²) in [6.45, 7) is 0. The summed E-state index contributed by atoms with van der Waals surface area (Å²) < 4.78 is 33.2. The molecular weight excluding hydrogens is 448 g/mol. The van der Waals surface area contributed by atoms with Crippen LogP contribution in [0.1, 0.15) is 48.0 Å². The molecule has 4 rings (SSSR count). The number of carbonyl (C=O) groups excluding carboxylic acids is 1. The van der Waals surface area contributed by atoms with E-state index >= 15 is 0 Å². The molecule has 0 N–H and O–H groups in total. The lowest BCUT2D eigenvalue weighted by atomic mass is 9.96. The summed E-state index contributed by atoms with van der Waals surface area (Å²) in [7, 11) is -2.09. The van der Waals surface area contributed by atoms with Gasteiger partial charge in [-0.25, -0.2) is 13.2 Å². The Bertz CT molecular complexity index is 1300. The highest BCUT2D eigenvalue weighted by atomic mass is 32.2. The topological polar surface area (TPSA) is 87.5 Å². The zero-order valence-corrected chi connectivity index (χ0v) is 19.8. The molecule has 34 heavy (non-hydrogen) atoms. The van der Waals surface area contributed by atoms with Gasteiger partial charge in [0.2, 0.25) is 10.0 Å². The molecular formula is C27H26N2O4S. The van der Waals surface area contributed by atoms with E-state index in [2.05, 4.69) is 6.07 Å². The molecule has 7 heteroatoms. The molecule has 1 aliphatic carbocycles. The van der Waals surface area contributed by atoms with Crippen LogP contribution in [0.5, 0.6) is 5.75 Å². The highest BCUT2D eigenvalue weighted by molar-refractivity contribution is 7.89. The van der Waals surface area contributed by atoms with Crippen molar-refractivity contribution in [2.45, 2.75) is 43.0 Å². The van der Waals surface area contributed by atoms with E-state index in [9.17, 15) is 13.2 Å². The van der Waals surface area contributed by atoms with Gasteiger partial charge >= 0.3 is 5.97 Å². The van der Waals surface area contributed by atoms with Crippen LogP contribution in [0.15, 0.2) is 77.7 Å². The summed E-state index contributed by atoms with van der Waals surface area (Å²) in [4.78, 5) is 12.8. The van der Waals surface area contributed by atoms with E-state index in [1.807, 2.05) is 24.3 Å². The first-order valence-corrected chi connectivity index (χ1v) is 12.7. The van der Waals surface area contributed by atoms with Crippen LogP contribution in [0.25, 0.3) is 11.1 Å². The first-order valence-electron chi connectivity index (χ1n) is 11.3. The quantitative estimate of drug-likeness (QED) is 0.353. The Hall–Kier alpha value is -3.47. The molecule has 0 heterocycles. The first kappa shape index (κ1) is 23.7. The molecule has 1 aliphatic rings. The lowest BCUT2D eigenvalue weighted by Gasteiger charge is -2.30. The third-order valence-electron chi connectivity index (χ3n) is 6.25. The number of hydrogen-bond donors (Lipinski definition) is 0. The molecule has 0 unspecified atom stereocenters. The number of sulfonamides is 1. The van der Waals surface area contributed by atoms with Crippen LogP contribution in [-0.2, 0) is 10.0 Å². The van der Waals surface area contributed by atoms with Gasteiger partial charge in [-0.15, -0.1) is 0 Å². The fraction of sp³-hybridized carbons (Fsp3) is 0.259. The second-order valence-corrected chi connectivity index (χ2v) is 10.4. The Balaban J connectivity index is 1.47. The molecule has 0 aliphatic heterocycles. The number of nitrogens with zero attached hydrogens (tertiary/aromatic N) is 2. The van der Waals surface area contributed by atoms with Gasteiger partial charge in [-0.1, -0.05) is 49.6 Å². The van der Waals surface area contributed by atoms with Crippen molar-refractivity contribution in [3.05, 3.63) is 83.9 Å².